The van der Waals surface area contributed by atoms with Gasteiger partial charge in [0.15, 0.2) is 6.61 Å². The average Bonchev–Trinajstić information content (AvgIpc) is 2.77. The molecule has 0 unspecified atom stereocenters. The zero-order valence-electron chi connectivity index (χ0n) is 19.3. The molecule has 0 radical (unpaired) electrons. The van der Waals surface area contributed by atoms with Gasteiger partial charge in [-0.15, -0.1) is 0 Å². The molecule has 0 saturated carbocycles. The van der Waals surface area contributed by atoms with Crippen molar-refractivity contribution in [3.63, 3.8) is 0 Å². The molecule has 172 valence electrons. The second-order valence-corrected chi connectivity index (χ2v) is 9.43. The molecule has 32 heavy (non-hydrogen) atoms. The summed E-state index contributed by atoms with van der Waals surface area (Å²) in [4.78, 5) is 28.6. The van der Waals surface area contributed by atoms with Gasteiger partial charge in [-0.25, -0.2) is 0 Å². The van der Waals surface area contributed by atoms with Crippen LogP contribution in [0.15, 0.2) is 42.5 Å². The number of hydrogen-bond acceptors (Lipinski definition) is 4. The summed E-state index contributed by atoms with van der Waals surface area (Å²) in [5.41, 5.74) is 2.80. The lowest BCUT2D eigenvalue weighted by Crippen LogP contribution is -2.48. The lowest BCUT2D eigenvalue weighted by atomic mass is 9.87. The number of piperazine rings is 1. The Kier molecular flexibility index (Phi) is 7.67. The molecule has 1 saturated heterocycles. The third-order valence-electron chi connectivity index (χ3n) is 5.60. The van der Waals surface area contributed by atoms with E-state index in [9.17, 15) is 9.59 Å². The molecule has 0 aliphatic carbocycles. The van der Waals surface area contributed by atoms with Gasteiger partial charge in [0.1, 0.15) is 5.75 Å². The number of anilines is 2. The van der Waals surface area contributed by atoms with Crippen molar-refractivity contribution in [3.05, 3.63) is 53.1 Å². The molecular formula is C25H32ClN3O3. The quantitative estimate of drug-likeness (QED) is 0.682. The number of nitrogens with zero attached hydrogens (tertiary/aromatic N) is 2. The number of nitrogens with one attached hydrogen (secondary N) is 1. The number of amides is 2. The van der Waals surface area contributed by atoms with Crippen LogP contribution in [-0.2, 0) is 15.0 Å². The van der Waals surface area contributed by atoms with Crippen molar-refractivity contribution in [3.8, 4) is 5.75 Å². The van der Waals surface area contributed by atoms with Crippen molar-refractivity contribution in [2.75, 3.05) is 43.0 Å². The highest BCUT2D eigenvalue weighted by Crippen LogP contribution is 2.30. The molecule has 2 aromatic rings. The summed E-state index contributed by atoms with van der Waals surface area (Å²) in [5, 5.41) is 3.47. The number of carbonyl (C=O) groups is 2. The van der Waals surface area contributed by atoms with Crippen LogP contribution >= 0.6 is 11.6 Å². The number of halogens is 1. The fraction of sp³-hybridized carbons (Fsp3) is 0.440. The largest absolute Gasteiger partial charge is 0.484 e. The van der Waals surface area contributed by atoms with Crippen LogP contribution in [0.2, 0.25) is 5.02 Å². The molecule has 0 aromatic heterocycles. The van der Waals surface area contributed by atoms with Crippen LogP contribution < -0.4 is 15.0 Å². The molecule has 7 heteroatoms. The van der Waals surface area contributed by atoms with Gasteiger partial charge in [-0.1, -0.05) is 51.4 Å². The van der Waals surface area contributed by atoms with Gasteiger partial charge in [0.05, 0.1) is 11.4 Å². The van der Waals surface area contributed by atoms with Gasteiger partial charge in [-0.2, -0.15) is 0 Å². The van der Waals surface area contributed by atoms with Gasteiger partial charge in [0.25, 0.3) is 5.91 Å². The zero-order valence-corrected chi connectivity index (χ0v) is 20.0. The van der Waals surface area contributed by atoms with Crippen LogP contribution in [0.3, 0.4) is 0 Å². The molecule has 3 rings (SSSR count). The monoisotopic (exact) mass is 457 g/mol. The highest BCUT2D eigenvalue weighted by atomic mass is 35.5. The Morgan fingerprint density at radius 2 is 1.69 bits per heavy atom. The van der Waals surface area contributed by atoms with E-state index in [2.05, 4.69) is 31.0 Å². The van der Waals surface area contributed by atoms with E-state index >= 15 is 0 Å². The molecule has 1 N–H and O–H groups in total. The Labute approximate surface area is 195 Å². The first-order valence-corrected chi connectivity index (χ1v) is 11.4. The van der Waals surface area contributed by atoms with Crippen molar-refractivity contribution in [1.82, 2.24) is 4.90 Å². The second-order valence-electron chi connectivity index (χ2n) is 8.99. The lowest BCUT2D eigenvalue weighted by Gasteiger charge is -2.37. The van der Waals surface area contributed by atoms with Crippen molar-refractivity contribution in [2.45, 2.75) is 39.5 Å². The smallest absolute Gasteiger partial charge is 0.262 e. The van der Waals surface area contributed by atoms with E-state index in [4.69, 9.17) is 16.3 Å². The molecule has 0 atom stereocenters. The SMILES string of the molecule is CCC(=O)N1CCN(c2ccc(Cl)cc2NC(=O)COc2ccc(C(C)(C)C)cc2)CC1. The minimum atomic E-state index is -0.256. The first-order valence-electron chi connectivity index (χ1n) is 11.0. The maximum atomic E-state index is 12.6. The first kappa shape index (κ1) is 23.9. The van der Waals surface area contributed by atoms with Gasteiger partial charge in [-0.3, -0.25) is 9.59 Å². The van der Waals surface area contributed by atoms with E-state index in [1.54, 1.807) is 6.07 Å². The normalized spacial score (nSPS) is 14.3. The van der Waals surface area contributed by atoms with Crippen LogP contribution in [0, 0.1) is 0 Å². The summed E-state index contributed by atoms with van der Waals surface area (Å²) < 4.78 is 5.67. The molecule has 0 bridgehead atoms. The summed E-state index contributed by atoms with van der Waals surface area (Å²) in [6, 6.07) is 13.3. The molecule has 2 amide bonds. The predicted octanol–water partition coefficient (Wildman–Crippen LogP) is 4.71. The van der Waals surface area contributed by atoms with Crippen molar-refractivity contribution < 1.29 is 14.3 Å². The highest BCUT2D eigenvalue weighted by molar-refractivity contribution is 6.31. The Morgan fingerprint density at radius 1 is 1.03 bits per heavy atom. The maximum Gasteiger partial charge on any atom is 0.262 e. The minimum absolute atomic E-state index is 0.0637. The molecule has 1 heterocycles. The maximum absolute atomic E-state index is 12.6. The fourth-order valence-electron chi connectivity index (χ4n) is 3.69. The Bertz CT molecular complexity index is 946. The van der Waals surface area contributed by atoms with E-state index in [0.717, 1.165) is 5.69 Å². The van der Waals surface area contributed by atoms with Gasteiger partial charge in [-0.05, 0) is 41.3 Å². The Morgan fingerprint density at radius 3 is 2.28 bits per heavy atom. The second kappa shape index (κ2) is 10.3. The predicted molar refractivity (Wildman–Crippen MR) is 130 cm³/mol. The number of benzene rings is 2. The molecule has 2 aromatic carbocycles. The lowest BCUT2D eigenvalue weighted by molar-refractivity contribution is -0.131. The molecule has 1 aliphatic heterocycles. The number of ether oxygens (including phenoxy) is 1. The highest BCUT2D eigenvalue weighted by Gasteiger charge is 2.22. The van der Waals surface area contributed by atoms with Crippen LogP contribution in [0.5, 0.6) is 5.75 Å². The van der Waals surface area contributed by atoms with E-state index in [1.807, 2.05) is 48.2 Å². The molecule has 0 spiro atoms. The van der Waals surface area contributed by atoms with Crippen LogP contribution in [0.25, 0.3) is 0 Å². The third kappa shape index (κ3) is 6.16. The van der Waals surface area contributed by atoms with E-state index in [0.29, 0.717) is 49.1 Å². The van der Waals surface area contributed by atoms with Crippen molar-refractivity contribution in [1.29, 1.82) is 0 Å². The molecule has 1 fully saturated rings. The van der Waals surface area contributed by atoms with Crippen molar-refractivity contribution in [2.24, 2.45) is 0 Å². The van der Waals surface area contributed by atoms with E-state index < -0.39 is 0 Å². The standard InChI is InChI=1S/C25H32ClN3O3/c1-5-24(31)29-14-12-28(13-15-29)22-11-8-19(26)16-21(22)27-23(30)17-32-20-9-6-18(7-10-20)25(2,3)4/h6-11,16H,5,12-15,17H2,1-4H3,(H,27,30). The van der Waals surface area contributed by atoms with Crippen molar-refractivity contribution >= 4 is 34.8 Å². The van der Waals surface area contributed by atoms with Crippen LogP contribution in [0.4, 0.5) is 11.4 Å². The molecule has 6 nitrogen and oxygen atoms in total. The van der Waals surface area contributed by atoms with Crippen LogP contribution in [-0.4, -0.2) is 49.5 Å². The summed E-state index contributed by atoms with van der Waals surface area (Å²) >= 11 is 6.19. The number of carbonyl (C=O) groups excluding carboxylic acids is 2. The molecule has 1 aliphatic rings. The zero-order chi connectivity index (χ0) is 23.3. The van der Waals surface area contributed by atoms with Gasteiger partial charge < -0.3 is 19.9 Å². The average molecular weight is 458 g/mol. The Hall–Kier alpha value is -2.73. The topological polar surface area (TPSA) is 61.9 Å². The summed E-state index contributed by atoms with van der Waals surface area (Å²) in [5.74, 6) is 0.561. The summed E-state index contributed by atoms with van der Waals surface area (Å²) in [7, 11) is 0. The summed E-state index contributed by atoms with van der Waals surface area (Å²) in [6.07, 6.45) is 0.515. The van der Waals surface area contributed by atoms with Gasteiger partial charge in [0, 0.05) is 37.6 Å². The number of hydrogen-bond donors (Lipinski definition) is 1. The van der Waals surface area contributed by atoms with E-state index in [-0.39, 0.29) is 23.8 Å². The third-order valence-corrected chi connectivity index (χ3v) is 5.83. The van der Waals surface area contributed by atoms with Crippen LogP contribution in [0.1, 0.15) is 39.7 Å². The minimum Gasteiger partial charge on any atom is -0.484 e. The number of rotatable bonds is 6. The van der Waals surface area contributed by atoms with E-state index in [1.165, 1.54) is 5.56 Å². The molecular weight excluding hydrogens is 426 g/mol. The fourth-order valence-corrected chi connectivity index (χ4v) is 3.86. The van der Waals surface area contributed by atoms with Gasteiger partial charge >= 0.3 is 0 Å². The Balaban J connectivity index is 1.61. The van der Waals surface area contributed by atoms with Gasteiger partial charge in [0.2, 0.25) is 5.91 Å². The first-order chi connectivity index (χ1) is 15.2. The summed E-state index contributed by atoms with van der Waals surface area (Å²) in [6.45, 7) is 11.0.